The van der Waals surface area contributed by atoms with Crippen LogP contribution in [0.3, 0.4) is 0 Å². The lowest BCUT2D eigenvalue weighted by Crippen LogP contribution is -2.37. The number of aromatic hydroxyl groups is 1. The van der Waals surface area contributed by atoms with E-state index in [4.69, 9.17) is 58.0 Å². The number of carbonyl (C=O) groups excluding carboxylic acids is 1. The fourth-order valence-electron chi connectivity index (χ4n) is 2.53. The third-order valence-electron chi connectivity index (χ3n) is 3.98. The topological polar surface area (TPSA) is 74.7 Å². The summed E-state index contributed by atoms with van der Waals surface area (Å²) in [5.74, 6) is -1.63. The predicted octanol–water partition coefficient (Wildman–Crippen LogP) is 6.69. The molecule has 0 radical (unpaired) electrons. The molecule has 0 bridgehead atoms. The van der Waals surface area contributed by atoms with Gasteiger partial charge in [0.25, 0.3) is 15.9 Å². The van der Waals surface area contributed by atoms with E-state index < -0.39 is 47.5 Å². The van der Waals surface area contributed by atoms with Crippen LogP contribution >= 0.6 is 58.0 Å². The summed E-state index contributed by atoms with van der Waals surface area (Å²) >= 11 is 30.3. The van der Waals surface area contributed by atoms with Gasteiger partial charge in [0.05, 0.1) is 14.9 Å². The van der Waals surface area contributed by atoms with E-state index in [1.165, 1.54) is 48.5 Å². The molecule has 0 saturated carbocycles. The summed E-state index contributed by atoms with van der Waals surface area (Å²) in [6, 6.07) is 12.7. The van der Waals surface area contributed by atoms with Crippen LogP contribution < -0.4 is 4.31 Å². The lowest BCUT2D eigenvalue weighted by molar-refractivity contribution is 0.101. The first-order valence-corrected chi connectivity index (χ1v) is 11.4. The Kier molecular flexibility index (Phi) is 6.77. The molecular weight excluding hydrogens is 516 g/mol. The second-order valence-electron chi connectivity index (χ2n) is 5.85. The van der Waals surface area contributed by atoms with Gasteiger partial charge in [-0.25, -0.2) is 8.42 Å². The maximum atomic E-state index is 13.4. The molecular formula is C19H10Cl5NO4S. The lowest BCUT2D eigenvalue weighted by Gasteiger charge is -2.26. The van der Waals surface area contributed by atoms with Crippen LogP contribution in [0.5, 0.6) is 5.75 Å². The van der Waals surface area contributed by atoms with Gasteiger partial charge in [0.15, 0.2) is 5.75 Å². The zero-order valence-corrected chi connectivity index (χ0v) is 19.2. The summed E-state index contributed by atoms with van der Waals surface area (Å²) < 4.78 is 27.3. The average Bonchev–Trinajstić information content (AvgIpc) is 2.74. The number of halogens is 5. The van der Waals surface area contributed by atoms with Crippen molar-refractivity contribution in [2.75, 3.05) is 4.31 Å². The number of phenolic OH excluding ortho intramolecular Hbond substituents is 1. The molecule has 3 rings (SSSR count). The van der Waals surface area contributed by atoms with Crippen molar-refractivity contribution in [3.05, 3.63) is 85.3 Å². The van der Waals surface area contributed by atoms with Crippen molar-refractivity contribution >= 4 is 79.6 Å². The summed E-state index contributed by atoms with van der Waals surface area (Å²) in [6.07, 6.45) is 0. The molecule has 0 aliphatic rings. The van der Waals surface area contributed by atoms with Crippen molar-refractivity contribution in [3.63, 3.8) is 0 Å². The van der Waals surface area contributed by atoms with Gasteiger partial charge in [0.1, 0.15) is 15.7 Å². The molecule has 0 aromatic heterocycles. The number of phenols is 1. The van der Waals surface area contributed by atoms with Crippen molar-refractivity contribution in [3.8, 4) is 5.75 Å². The molecule has 0 heterocycles. The lowest BCUT2D eigenvalue weighted by atomic mass is 10.2. The number of rotatable bonds is 4. The van der Waals surface area contributed by atoms with Crippen LogP contribution in [0.4, 0.5) is 5.69 Å². The molecule has 30 heavy (non-hydrogen) atoms. The van der Waals surface area contributed by atoms with Crippen molar-refractivity contribution < 1.29 is 18.3 Å². The Balaban J connectivity index is 2.35. The normalized spacial score (nSPS) is 11.4. The maximum absolute atomic E-state index is 13.4. The Morgan fingerprint density at radius 2 is 1.27 bits per heavy atom. The van der Waals surface area contributed by atoms with Crippen molar-refractivity contribution in [2.24, 2.45) is 0 Å². The molecule has 0 spiro atoms. The standard InChI is InChI=1S/C19H10Cl5NO4S/c20-11-8-6-10(7-9-11)19(27)25(30(28,29)12-4-2-1-3-5-12)17-13(21)15(23)18(26)16(24)14(17)22/h1-9,26H. The summed E-state index contributed by atoms with van der Waals surface area (Å²) in [4.78, 5) is 13.1. The van der Waals surface area contributed by atoms with E-state index in [-0.39, 0.29) is 10.5 Å². The molecule has 0 atom stereocenters. The van der Waals surface area contributed by atoms with Crippen LogP contribution in [0.1, 0.15) is 10.4 Å². The van der Waals surface area contributed by atoms with Crippen LogP contribution in [-0.4, -0.2) is 19.4 Å². The number of benzene rings is 3. The number of hydrogen-bond donors (Lipinski definition) is 1. The van der Waals surface area contributed by atoms with E-state index >= 15 is 0 Å². The van der Waals surface area contributed by atoms with Crippen molar-refractivity contribution in [1.82, 2.24) is 0 Å². The molecule has 0 aliphatic heterocycles. The van der Waals surface area contributed by atoms with Gasteiger partial charge in [-0.3, -0.25) is 4.79 Å². The Morgan fingerprint density at radius 1 is 0.767 bits per heavy atom. The molecule has 156 valence electrons. The van der Waals surface area contributed by atoms with Gasteiger partial charge in [-0.1, -0.05) is 76.2 Å². The molecule has 3 aromatic carbocycles. The molecule has 1 amide bonds. The molecule has 1 N–H and O–H groups in total. The maximum Gasteiger partial charge on any atom is 0.272 e. The molecule has 3 aromatic rings. The van der Waals surface area contributed by atoms with Gasteiger partial charge in [0.2, 0.25) is 0 Å². The Hall–Kier alpha value is -1.67. The molecule has 5 nitrogen and oxygen atoms in total. The summed E-state index contributed by atoms with van der Waals surface area (Å²) in [6.45, 7) is 0. The Bertz CT molecular complexity index is 1200. The molecule has 0 aliphatic carbocycles. The van der Waals surface area contributed by atoms with Crippen molar-refractivity contribution in [1.29, 1.82) is 0 Å². The summed E-state index contributed by atoms with van der Waals surface area (Å²) in [7, 11) is -4.52. The minimum absolute atomic E-state index is 0.0219. The number of anilines is 1. The molecule has 11 heteroatoms. The van der Waals surface area contributed by atoms with E-state index in [1.54, 1.807) is 6.07 Å². The molecule has 0 fully saturated rings. The summed E-state index contributed by atoms with van der Waals surface area (Å²) in [5.41, 5.74) is -0.513. The van der Waals surface area contributed by atoms with Crippen LogP contribution in [0, 0.1) is 0 Å². The second kappa shape index (κ2) is 8.83. The monoisotopic (exact) mass is 523 g/mol. The predicted molar refractivity (Wildman–Crippen MR) is 120 cm³/mol. The SMILES string of the molecule is O=C(c1ccc(Cl)cc1)N(c1c(Cl)c(Cl)c(O)c(Cl)c1Cl)S(=O)(=O)c1ccccc1. The third kappa shape index (κ3) is 4.08. The van der Waals surface area contributed by atoms with Crippen LogP contribution in [0.25, 0.3) is 0 Å². The van der Waals surface area contributed by atoms with E-state index in [9.17, 15) is 18.3 Å². The highest BCUT2D eigenvalue weighted by Crippen LogP contribution is 2.50. The van der Waals surface area contributed by atoms with E-state index in [2.05, 4.69) is 0 Å². The minimum Gasteiger partial charge on any atom is -0.505 e. The highest BCUT2D eigenvalue weighted by molar-refractivity contribution is 7.93. The quantitative estimate of drug-likeness (QED) is 0.385. The van der Waals surface area contributed by atoms with Gasteiger partial charge in [0, 0.05) is 10.6 Å². The highest BCUT2D eigenvalue weighted by Gasteiger charge is 2.37. The van der Waals surface area contributed by atoms with Crippen LogP contribution in [-0.2, 0) is 10.0 Å². The van der Waals surface area contributed by atoms with Gasteiger partial charge < -0.3 is 5.11 Å². The fraction of sp³-hybridized carbons (Fsp3) is 0. The number of carbonyl (C=O) groups is 1. The smallest absolute Gasteiger partial charge is 0.272 e. The third-order valence-corrected chi connectivity index (χ3v) is 7.59. The van der Waals surface area contributed by atoms with Gasteiger partial charge in [-0.05, 0) is 36.4 Å². The highest BCUT2D eigenvalue weighted by atomic mass is 35.5. The van der Waals surface area contributed by atoms with Gasteiger partial charge in [-0.15, -0.1) is 0 Å². The van der Waals surface area contributed by atoms with Crippen LogP contribution in [0.2, 0.25) is 25.1 Å². The van der Waals surface area contributed by atoms with Gasteiger partial charge >= 0.3 is 0 Å². The zero-order chi connectivity index (χ0) is 22.2. The van der Waals surface area contributed by atoms with Crippen molar-refractivity contribution in [2.45, 2.75) is 4.90 Å². The van der Waals surface area contributed by atoms with E-state index in [0.29, 0.717) is 9.33 Å². The fourth-order valence-corrected chi connectivity index (χ4v) is 5.21. The zero-order valence-electron chi connectivity index (χ0n) is 14.6. The number of hydrogen-bond acceptors (Lipinski definition) is 4. The largest absolute Gasteiger partial charge is 0.505 e. The minimum atomic E-state index is -4.52. The summed E-state index contributed by atoms with van der Waals surface area (Å²) in [5, 5.41) is 8.47. The first-order chi connectivity index (χ1) is 14.1. The Labute approximate surface area is 197 Å². The second-order valence-corrected chi connectivity index (χ2v) is 9.58. The van der Waals surface area contributed by atoms with Gasteiger partial charge in [-0.2, -0.15) is 4.31 Å². The average molecular weight is 526 g/mol. The van der Waals surface area contributed by atoms with E-state index in [1.807, 2.05) is 0 Å². The number of amides is 1. The first kappa shape index (κ1) is 23.0. The number of nitrogens with zero attached hydrogens (tertiary/aromatic N) is 1. The molecule has 0 saturated heterocycles. The van der Waals surface area contributed by atoms with Crippen LogP contribution in [0.15, 0.2) is 59.5 Å². The first-order valence-electron chi connectivity index (χ1n) is 8.02. The number of sulfonamides is 1. The Morgan fingerprint density at radius 3 is 1.77 bits per heavy atom. The molecule has 0 unspecified atom stereocenters. The van der Waals surface area contributed by atoms with E-state index in [0.717, 1.165) is 0 Å².